The van der Waals surface area contributed by atoms with Crippen LogP contribution in [0.1, 0.15) is 23.1 Å². The minimum atomic E-state index is -0.591. The van der Waals surface area contributed by atoms with Gasteiger partial charge < -0.3 is 14.6 Å². The van der Waals surface area contributed by atoms with Crippen molar-refractivity contribution >= 4 is 17.7 Å². The van der Waals surface area contributed by atoms with Crippen molar-refractivity contribution in [3.05, 3.63) is 66.1 Å². The number of carbonyl (C=O) groups is 2. The van der Waals surface area contributed by atoms with E-state index in [0.717, 1.165) is 0 Å². The molecule has 1 amide bonds. The van der Waals surface area contributed by atoms with Crippen LogP contribution in [-0.4, -0.2) is 37.8 Å². The normalized spacial score (nSPS) is 10.6. The van der Waals surface area contributed by atoms with Crippen LogP contribution in [0.25, 0.3) is 0 Å². The van der Waals surface area contributed by atoms with Crippen molar-refractivity contribution in [2.24, 2.45) is 0 Å². The fraction of sp³-hybridized carbons (Fsp3) is 0.222. The largest absolute Gasteiger partial charge is 0.460 e. The van der Waals surface area contributed by atoms with Gasteiger partial charge in [-0.3, -0.25) is 4.79 Å². The molecule has 3 aromatic rings. The molecule has 2 heterocycles. The number of anilines is 1. The zero-order chi connectivity index (χ0) is 19.2. The number of rotatable bonds is 7. The van der Waals surface area contributed by atoms with E-state index in [9.17, 15) is 14.0 Å². The van der Waals surface area contributed by atoms with Gasteiger partial charge in [0.25, 0.3) is 0 Å². The third-order valence-electron chi connectivity index (χ3n) is 3.69. The Balaban J connectivity index is 1.67. The summed E-state index contributed by atoms with van der Waals surface area (Å²) in [6.07, 6.45) is 4.49. The van der Waals surface area contributed by atoms with Crippen molar-refractivity contribution in [1.82, 2.24) is 19.3 Å². The molecule has 0 atom stereocenters. The second-order valence-electron chi connectivity index (χ2n) is 5.65. The summed E-state index contributed by atoms with van der Waals surface area (Å²) in [4.78, 5) is 28.1. The van der Waals surface area contributed by atoms with Crippen LogP contribution >= 0.6 is 0 Å². The Labute approximate surface area is 154 Å². The smallest absolute Gasteiger partial charge is 0.374 e. The molecule has 1 N–H and O–H groups in total. The molecule has 140 valence electrons. The first-order valence-electron chi connectivity index (χ1n) is 8.31. The first-order valence-corrected chi connectivity index (χ1v) is 8.31. The number of hydrogen-bond donors (Lipinski definition) is 1. The van der Waals surface area contributed by atoms with Crippen molar-refractivity contribution in [3.8, 4) is 0 Å². The third kappa shape index (κ3) is 4.57. The number of carbonyl (C=O) groups excluding carboxylic acids is 2. The molecule has 3 rings (SSSR count). The lowest BCUT2D eigenvalue weighted by molar-refractivity contribution is -0.116. The maximum Gasteiger partial charge on any atom is 0.374 e. The molecule has 0 saturated heterocycles. The molecule has 0 aliphatic rings. The Morgan fingerprint density at radius 2 is 2.11 bits per heavy atom. The summed E-state index contributed by atoms with van der Waals surface area (Å²) in [5.74, 6) is -0.773. The number of nitrogens with one attached hydrogen (secondary N) is 1. The van der Waals surface area contributed by atoms with Gasteiger partial charge in [0.1, 0.15) is 18.2 Å². The standard InChI is InChI=1S/C18H18FN5O3/c1-2-27-18(26)17-20-8-9-23(17)12-16(25)22-15-6-7-21-24(15)11-13-4-3-5-14(19)10-13/h3-10H,2,11-12H2,1H3,(H,22,25). The van der Waals surface area contributed by atoms with Crippen LogP contribution in [0.3, 0.4) is 0 Å². The maximum atomic E-state index is 13.3. The number of aromatic nitrogens is 4. The molecule has 1 aromatic carbocycles. The van der Waals surface area contributed by atoms with Crippen LogP contribution in [0.15, 0.2) is 48.9 Å². The van der Waals surface area contributed by atoms with E-state index in [1.54, 1.807) is 29.8 Å². The van der Waals surface area contributed by atoms with Crippen LogP contribution in [-0.2, 0) is 22.6 Å². The number of hydrogen-bond acceptors (Lipinski definition) is 5. The summed E-state index contributed by atoms with van der Waals surface area (Å²) in [5, 5.41) is 6.88. The van der Waals surface area contributed by atoms with Crippen LogP contribution in [0.2, 0.25) is 0 Å². The molecule has 0 saturated carbocycles. The highest BCUT2D eigenvalue weighted by atomic mass is 19.1. The SMILES string of the molecule is CCOC(=O)c1nccn1CC(=O)Nc1ccnn1Cc1cccc(F)c1. The van der Waals surface area contributed by atoms with Crippen molar-refractivity contribution in [2.75, 3.05) is 11.9 Å². The average Bonchev–Trinajstić information content (AvgIpc) is 3.25. The molecule has 0 aliphatic carbocycles. The molecule has 0 aliphatic heterocycles. The number of ether oxygens (including phenoxy) is 1. The number of amides is 1. The second kappa shape index (κ2) is 8.26. The minimum Gasteiger partial charge on any atom is -0.460 e. The van der Waals surface area contributed by atoms with E-state index in [-0.39, 0.29) is 30.7 Å². The molecule has 27 heavy (non-hydrogen) atoms. The van der Waals surface area contributed by atoms with Gasteiger partial charge in [-0.25, -0.2) is 18.9 Å². The molecule has 9 heteroatoms. The van der Waals surface area contributed by atoms with Crippen LogP contribution in [0.5, 0.6) is 0 Å². The lowest BCUT2D eigenvalue weighted by Gasteiger charge is -2.10. The highest BCUT2D eigenvalue weighted by Crippen LogP contribution is 2.12. The van der Waals surface area contributed by atoms with Gasteiger partial charge in [-0.05, 0) is 24.6 Å². The van der Waals surface area contributed by atoms with E-state index in [4.69, 9.17) is 4.74 Å². The fourth-order valence-corrected chi connectivity index (χ4v) is 2.53. The number of benzene rings is 1. The highest BCUT2D eigenvalue weighted by molar-refractivity contribution is 5.91. The molecule has 0 fully saturated rings. The molecule has 2 aromatic heterocycles. The number of halogens is 1. The van der Waals surface area contributed by atoms with E-state index < -0.39 is 5.97 Å². The zero-order valence-electron chi connectivity index (χ0n) is 14.6. The Morgan fingerprint density at radius 1 is 1.26 bits per heavy atom. The third-order valence-corrected chi connectivity index (χ3v) is 3.69. The van der Waals surface area contributed by atoms with Gasteiger partial charge in [0.15, 0.2) is 0 Å². The minimum absolute atomic E-state index is 0.0558. The summed E-state index contributed by atoms with van der Waals surface area (Å²) < 4.78 is 21.2. The quantitative estimate of drug-likeness (QED) is 0.642. The zero-order valence-corrected chi connectivity index (χ0v) is 14.6. The van der Waals surface area contributed by atoms with Gasteiger partial charge in [-0.2, -0.15) is 5.10 Å². The molecule has 0 radical (unpaired) electrons. The molecular weight excluding hydrogens is 353 g/mol. The topological polar surface area (TPSA) is 91.0 Å². The maximum absolute atomic E-state index is 13.3. The van der Waals surface area contributed by atoms with E-state index in [1.807, 2.05) is 0 Å². The predicted octanol–water partition coefficient (Wildman–Crippen LogP) is 2.08. The van der Waals surface area contributed by atoms with Gasteiger partial charge in [0.2, 0.25) is 11.7 Å². The van der Waals surface area contributed by atoms with Gasteiger partial charge in [0, 0.05) is 18.5 Å². The number of nitrogens with zero attached hydrogens (tertiary/aromatic N) is 4. The summed E-state index contributed by atoms with van der Waals surface area (Å²) in [6.45, 7) is 2.10. The van der Waals surface area contributed by atoms with Gasteiger partial charge in [0.05, 0.1) is 19.3 Å². The summed E-state index contributed by atoms with van der Waals surface area (Å²) >= 11 is 0. The summed E-state index contributed by atoms with van der Waals surface area (Å²) in [7, 11) is 0. The van der Waals surface area contributed by atoms with Crippen LogP contribution in [0, 0.1) is 5.82 Å². The average molecular weight is 371 g/mol. The highest BCUT2D eigenvalue weighted by Gasteiger charge is 2.16. The Kier molecular flexibility index (Phi) is 5.60. The van der Waals surface area contributed by atoms with E-state index in [2.05, 4.69) is 15.4 Å². The Bertz CT molecular complexity index is 950. The second-order valence-corrected chi connectivity index (χ2v) is 5.65. The monoisotopic (exact) mass is 371 g/mol. The Morgan fingerprint density at radius 3 is 2.89 bits per heavy atom. The van der Waals surface area contributed by atoms with E-state index in [0.29, 0.717) is 17.9 Å². The van der Waals surface area contributed by atoms with Gasteiger partial charge >= 0.3 is 5.97 Å². The van der Waals surface area contributed by atoms with Crippen molar-refractivity contribution < 1.29 is 18.7 Å². The van der Waals surface area contributed by atoms with Gasteiger partial charge in [-0.15, -0.1) is 0 Å². The lowest BCUT2D eigenvalue weighted by Crippen LogP contribution is -2.23. The lowest BCUT2D eigenvalue weighted by atomic mass is 10.2. The Hall–Kier alpha value is -3.49. The number of imidazole rings is 1. The molecule has 0 unspecified atom stereocenters. The summed E-state index contributed by atoms with van der Waals surface area (Å²) in [5.41, 5.74) is 0.716. The van der Waals surface area contributed by atoms with Crippen LogP contribution in [0.4, 0.5) is 10.2 Å². The predicted molar refractivity (Wildman–Crippen MR) is 94.5 cm³/mol. The first kappa shape index (κ1) is 18.3. The van der Waals surface area contributed by atoms with Crippen molar-refractivity contribution in [2.45, 2.75) is 20.0 Å². The molecule has 8 nitrogen and oxygen atoms in total. The first-order chi connectivity index (χ1) is 13.1. The van der Waals surface area contributed by atoms with Crippen LogP contribution < -0.4 is 5.32 Å². The van der Waals surface area contributed by atoms with E-state index >= 15 is 0 Å². The summed E-state index contributed by atoms with van der Waals surface area (Å²) in [6, 6.07) is 7.79. The fourth-order valence-electron chi connectivity index (χ4n) is 2.53. The molecular formula is C18H18FN5O3. The van der Waals surface area contributed by atoms with Crippen molar-refractivity contribution in [1.29, 1.82) is 0 Å². The van der Waals surface area contributed by atoms with E-state index in [1.165, 1.54) is 35.3 Å². The van der Waals surface area contributed by atoms with Gasteiger partial charge in [-0.1, -0.05) is 12.1 Å². The number of esters is 1. The van der Waals surface area contributed by atoms with Crippen molar-refractivity contribution in [3.63, 3.8) is 0 Å². The molecule has 0 bridgehead atoms. The molecule has 0 spiro atoms.